The molecule has 3 rings (SSSR count). The van der Waals surface area contributed by atoms with Crippen molar-refractivity contribution in [3.8, 4) is 0 Å². The van der Waals surface area contributed by atoms with E-state index in [1.54, 1.807) is 42.5 Å². The number of hydrogen-bond donors (Lipinski definition) is 2. The maximum absolute atomic E-state index is 14.1. The number of anilines is 2. The predicted molar refractivity (Wildman–Crippen MR) is 115 cm³/mol. The molecule has 0 radical (unpaired) electrons. The van der Waals surface area contributed by atoms with Gasteiger partial charge in [-0.2, -0.15) is 0 Å². The molecule has 0 saturated heterocycles. The van der Waals surface area contributed by atoms with Crippen molar-refractivity contribution in [1.82, 2.24) is 0 Å². The second kappa shape index (κ2) is 9.37. The highest BCUT2D eigenvalue weighted by atomic mass is 35.5. The van der Waals surface area contributed by atoms with Gasteiger partial charge in [0.2, 0.25) is 0 Å². The summed E-state index contributed by atoms with van der Waals surface area (Å²) in [5.74, 6) is -1.98. The van der Waals surface area contributed by atoms with Gasteiger partial charge in [0.05, 0.1) is 0 Å². The molecule has 0 aliphatic rings. The SMILES string of the molecule is O=C(Nc1cccc(Cl)c1)C(=Cc1ccccc1F)C(=O)Nc1cccc(Cl)c1. The fourth-order valence-electron chi connectivity index (χ4n) is 2.51. The number of benzene rings is 3. The van der Waals surface area contributed by atoms with Gasteiger partial charge in [-0.05, 0) is 48.5 Å². The van der Waals surface area contributed by atoms with Crippen LogP contribution in [0.4, 0.5) is 15.8 Å². The van der Waals surface area contributed by atoms with Gasteiger partial charge >= 0.3 is 0 Å². The minimum atomic E-state index is -0.713. The van der Waals surface area contributed by atoms with E-state index < -0.39 is 17.6 Å². The zero-order chi connectivity index (χ0) is 20.8. The number of carbonyl (C=O) groups is 2. The first-order chi connectivity index (χ1) is 13.9. The van der Waals surface area contributed by atoms with E-state index in [-0.39, 0.29) is 11.1 Å². The van der Waals surface area contributed by atoms with Crippen molar-refractivity contribution in [2.24, 2.45) is 0 Å². The number of rotatable bonds is 5. The number of nitrogens with one attached hydrogen (secondary N) is 2. The third-order valence-corrected chi connectivity index (χ3v) is 4.33. The Morgan fingerprint density at radius 1 is 0.759 bits per heavy atom. The standard InChI is InChI=1S/C22H15Cl2FN2O2/c23-15-6-3-8-17(12-15)26-21(28)19(11-14-5-1-2-10-20(14)25)22(29)27-18-9-4-7-16(24)13-18/h1-13H,(H,26,28)(H,27,29). The van der Waals surface area contributed by atoms with E-state index >= 15 is 0 Å². The lowest BCUT2D eigenvalue weighted by Gasteiger charge is -2.11. The predicted octanol–water partition coefficient (Wildman–Crippen LogP) is 5.79. The molecule has 0 spiro atoms. The van der Waals surface area contributed by atoms with Gasteiger partial charge in [-0.15, -0.1) is 0 Å². The lowest BCUT2D eigenvalue weighted by molar-refractivity contribution is -0.118. The fraction of sp³-hybridized carbons (Fsp3) is 0. The Hall–Kier alpha value is -3.15. The molecule has 7 heteroatoms. The molecule has 0 bridgehead atoms. The first-order valence-electron chi connectivity index (χ1n) is 8.52. The maximum atomic E-state index is 14.1. The minimum Gasteiger partial charge on any atom is -0.322 e. The third-order valence-electron chi connectivity index (χ3n) is 3.86. The summed E-state index contributed by atoms with van der Waals surface area (Å²) in [6, 6.07) is 18.8. The van der Waals surface area contributed by atoms with Crippen LogP contribution in [0.5, 0.6) is 0 Å². The summed E-state index contributed by atoms with van der Waals surface area (Å²) in [5, 5.41) is 6.04. The normalized spacial score (nSPS) is 10.2. The van der Waals surface area contributed by atoms with Crippen LogP contribution in [-0.2, 0) is 9.59 Å². The molecule has 0 heterocycles. The van der Waals surface area contributed by atoms with Crippen molar-refractivity contribution < 1.29 is 14.0 Å². The molecule has 0 saturated carbocycles. The summed E-state index contributed by atoms with van der Waals surface area (Å²) in [5.41, 5.74) is 0.620. The molecule has 0 fully saturated rings. The highest BCUT2D eigenvalue weighted by Crippen LogP contribution is 2.20. The van der Waals surface area contributed by atoms with Crippen LogP contribution in [0.3, 0.4) is 0 Å². The van der Waals surface area contributed by atoms with Crippen molar-refractivity contribution in [1.29, 1.82) is 0 Å². The lowest BCUT2D eigenvalue weighted by atomic mass is 10.1. The molecule has 2 amide bonds. The van der Waals surface area contributed by atoms with Crippen LogP contribution >= 0.6 is 23.2 Å². The Bertz CT molecular complexity index is 1040. The Kier molecular flexibility index (Phi) is 6.65. The number of hydrogen-bond acceptors (Lipinski definition) is 2. The Balaban J connectivity index is 1.93. The average molecular weight is 429 g/mol. The van der Waals surface area contributed by atoms with Crippen LogP contribution in [0.2, 0.25) is 10.0 Å². The number of amides is 2. The van der Waals surface area contributed by atoms with Crippen LogP contribution in [0.1, 0.15) is 5.56 Å². The highest BCUT2D eigenvalue weighted by molar-refractivity contribution is 6.32. The summed E-state index contributed by atoms with van der Waals surface area (Å²) < 4.78 is 14.1. The van der Waals surface area contributed by atoms with E-state index in [1.807, 2.05) is 0 Å². The van der Waals surface area contributed by atoms with E-state index in [2.05, 4.69) is 10.6 Å². The smallest absolute Gasteiger partial charge is 0.261 e. The summed E-state index contributed by atoms with van der Waals surface area (Å²) in [6.07, 6.45) is 1.19. The Morgan fingerprint density at radius 3 is 1.76 bits per heavy atom. The zero-order valence-electron chi connectivity index (χ0n) is 15.0. The van der Waals surface area contributed by atoms with Gasteiger partial charge < -0.3 is 10.6 Å². The van der Waals surface area contributed by atoms with Gasteiger partial charge in [-0.1, -0.05) is 53.5 Å². The number of halogens is 3. The van der Waals surface area contributed by atoms with Crippen LogP contribution < -0.4 is 10.6 Å². The van der Waals surface area contributed by atoms with Gasteiger partial charge in [0.15, 0.2) is 0 Å². The Morgan fingerprint density at radius 2 is 1.28 bits per heavy atom. The molecule has 4 nitrogen and oxygen atoms in total. The highest BCUT2D eigenvalue weighted by Gasteiger charge is 2.20. The van der Waals surface area contributed by atoms with Crippen molar-refractivity contribution in [3.05, 3.63) is 99.8 Å². The first-order valence-corrected chi connectivity index (χ1v) is 9.28. The first kappa shape index (κ1) is 20.6. The molecule has 0 aliphatic carbocycles. The molecule has 3 aromatic carbocycles. The lowest BCUT2D eigenvalue weighted by Crippen LogP contribution is -2.25. The zero-order valence-corrected chi connectivity index (χ0v) is 16.5. The third kappa shape index (κ3) is 5.67. The second-order valence-electron chi connectivity index (χ2n) is 6.01. The molecule has 0 aliphatic heterocycles. The molecular weight excluding hydrogens is 414 g/mol. The van der Waals surface area contributed by atoms with E-state index in [9.17, 15) is 14.0 Å². The summed E-state index contributed by atoms with van der Waals surface area (Å²) >= 11 is 11.9. The van der Waals surface area contributed by atoms with Gasteiger partial charge in [-0.25, -0.2) is 4.39 Å². The molecule has 3 aromatic rings. The van der Waals surface area contributed by atoms with E-state index in [0.29, 0.717) is 21.4 Å². The van der Waals surface area contributed by atoms with Crippen LogP contribution in [-0.4, -0.2) is 11.8 Å². The summed E-state index contributed by atoms with van der Waals surface area (Å²) in [4.78, 5) is 25.6. The van der Waals surface area contributed by atoms with Crippen molar-refractivity contribution >= 4 is 52.5 Å². The van der Waals surface area contributed by atoms with Gasteiger partial charge in [0, 0.05) is 27.0 Å². The monoisotopic (exact) mass is 428 g/mol. The summed E-state index contributed by atoms with van der Waals surface area (Å²) in [7, 11) is 0. The Labute approximate surface area is 177 Å². The average Bonchev–Trinajstić information content (AvgIpc) is 2.67. The second-order valence-corrected chi connectivity index (χ2v) is 6.88. The van der Waals surface area contributed by atoms with E-state index in [1.165, 1.54) is 36.4 Å². The van der Waals surface area contributed by atoms with Crippen LogP contribution in [0.25, 0.3) is 6.08 Å². The van der Waals surface area contributed by atoms with Gasteiger partial charge in [0.1, 0.15) is 11.4 Å². The van der Waals surface area contributed by atoms with Crippen LogP contribution in [0.15, 0.2) is 78.4 Å². The quantitative estimate of drug-likeness (QED) is 0.306. The fourth-order valence-corrected chi connectivity index (χ4v) is 2.89. The van der Waals surface area contributed by atoms with Crippen molar-refractivity contribution in [2.75, 3.05) is 10.6 Å². The number of carbonyl (C=O) groups excluding carboxylic acids is 2. The molecular formula is C22H15Cl2FN2O2. The van der Waals surface area contributed by atoms with E-state index in [4.69, 9.17) is 23.2 Å². The molecule has 0 unspecified atom stereocenters. The maximum Gasteiger partial charge on any atom is 0.261 e. The molecule has 0 aromatic heterocycles. The van der Waals surface area contributed by atoms with Crippen molar-refractivity contribution in [3.63, 3.8) is 0 Å². The van der Waals surface area contributed by atoms with Crippen LogP contribution in [0, 0.1) is 5.82 Å². The van der Waals surface area contributed by atoms with E-state index in [0.717, 1.165) is 0 Å². The van der Waals surface area contributed by atoms with Crippen molar-refractivity contribution in [2.45, 2.75) is 0 Å². The minimum absolute atomic E-state index is 0.102. The molecule has 2 N–H and O–H groups in total. The van der Waals surface area contributed by atoms with Gasteiger partial charge in [-0.3, -0.25) is 9.59 Å². The topological polar surface area (TPSA) is 58.2 Å². The molecule has 146 valence electrons. The molecule has 29 heavy (non-hydrogen) atoms. The van der Waals surface area contributed by atoms with Gasteiger partial charge in [0.25, 0.3) is 11.8 Å². The largest absolute Gasteiger partial charge is 0.322 e. The molecule has 0 atom stereocenters. The summed E-state index contributed by atoms with van der Waals surface area (Å²) in [6.45, 7) is 0.